The largest absolute Gasteiger partial charge is 0.493 e. The van der Waals surface area contributed by atoms with Gasteiger partial charge < -0.3 is 14.8 Å². The summed E-state index contributed by atoms with van der Waals surface area (Å²) in [5, 5.41) is 4.64. The number of hydrogen-bond acceptors (Lipinski definition) is 3. The van der Waals surface area contributed by atoms with Crippen LogP contribution in [0, 0.1) is 6.92 Å². The smallest absolute Gasteiger partial charge is 0.165 e. The molecule has 2 aromatic carbocycles. The van der Waals surface area contributed by atoms with Gasteiger partial charge in [-0.1, -0.05) is 29.3 Å². The van der Waals surface area contributed by atoms with Crippen LogP contribution in [0.15, 0.2) is 30.3 Å². The molecule has 0 aliphatic heterocycles. The molecule has 3 nitrogen and oxygen atoms in total. The lowest BCUT2D eigenvalue weighted by molar-refractivity contribution is 0.352. The van der Waals surface area contributed by atoms with E-state index >= 15 is 0 Å². The lowest BCUT2D eigenvalue weighted by atomic mass is 10.1. The molecule has 0 radical (unpaired) electrons. The van der Waals surface area contributed by atoms with Crippen LogP contribution in [0.2, 0.25) is 10.0 Å². The predicted molar refractivity (Wildman–Crippen MR) is 88.1 cm³/mol. The van der Waals surface area contributed by atoms with E-state index in [4.69, 9.17) is 32.7 Å². The minimum absolute atomic E-state index is 0.555. The summed E-state index contributed by atoms with van der Waals surface area (Å²) in [5.74, 6) is 1.29. The van der Waals surface area contributed by atoms with Gasteiger partial charge >= 0.3 is 0 Å². The highest BCUT2D eigenvalue weighted by Crippen LogP contribution is 2.35. The van der Waals surface area contributed by atoms with Crippen LogP contribution in [0.25, 0.3) is 0 Å². The molecule has 0 bridgehead atoms. The molecule has 0 saturated heterocycles. The molecule has 0 unspecified atom stereocenters. The van der Waals surface area contributed by atoms with Crippen molar-refractivity contribution in [1.82, 2.24) is 0 Å². The van der Waals surface area contributed by atoms with Gasteiger partial charge in [0.15, 0.2) is 11.5 Å². The molecule has 0 aromatic heterocycles. The van der Waals surface area contributed by atoms with Crippen LogP contribution >= 0.6 is 23.2 Å². The van der Waals surface area contributed by atoms with E-state index in [9.17, 15) is 0 Å². The normalized spacial score (nSPS) is 10.3. The maximum Gasteiger partial charge on any atom is 0.165 e. The first-order valence-electron chi connectivity index (χ1n) is 6.45. The SMILES string of the molecule is COc1cc(Cl)cc(CNc2ccc(C)c(Cl)c2)c1OC. The van der Waals surface area contributed by atoms with Crippen molar-refractivity contribution in [3.05, 3.63) is 51.5 Å². The standard InChI is InChI=1S/C16H17Cl2NO2/c1-10-4-5-13(8-14(10)18)19-9-11-6-12(17)7-15(20-2)16(11)21-3/h4-8,19H,9H2,1-3H3. The minimum atomic E-state index is 0.555. The molecular weight excluding hydrogens is 309 g/mol. The molecule has 0 spiro atoms. The number of aryl methyl sites for hydroxylation is 1. The Labute approximate surface area is 134 Å². The molecule has 0 atom stereocenters. The lowest BCUT2D eigenvalue weighted by Gasteiger charge is -2.15. The zero-order valence-corrected chi connectivity index (χ0v) is 13.7. The van der Waals surface area contributed by atoms with Crippen molar-refractivity contribution in [2.75, 3.05) is 19.5 Å². The first kappa shape index (κ1) is 15.8. The van der Waals surface area contributed by atoms with Gasteiger partial charge in [-0.2, -0.15) is 0 Å². The van der Waals surface area contributed by atoms with Crippen molar-refractivity contribution in [1.29, 1.82) is 0 Å². The molecule has 1 N–H and O–H groups in total. The van der Waals surface area contributed by atoms with Gasteiger partial charge in [0.05, 0.1) is 14.2 Å². The molecule has 0 saturated carbocycles. The third-order valence-corrected chi connectivity index (χ3v) is 3.80. The number of ether oxygens (including phenoxy) is 2. The molecule has 0 amide bonds. The number of benzene rings is 2. The van der Waals surface area contributed by atoms with Crippen LogP contribution in [-0.2, 0) is 6.54 Å². The van der Waals surface area contributed by atoms with Crippen LogP contribution in [-0.4, -0.2) is 14.2 Å². The van der Waals surface area contributed by atoms with Crippen molar-refractivity contribution in [2.45, 2.75) is 13.5 Å². The maximum atomic E-state index is 6.12. The third kappa shape index (κ3) is 3.74. The molecule has 112 valence electrons. The number of rotatable bonds is 5. The summed E-state index contributed by atoms with van der Waals surface area (Å²) >= 11 is 12.2. The van der Waals surface area contributed by atoms with E-state index in [2.05, 4.69) is 5.32 Å². The Hall–Kier alpha value is -1.58. The van der Waals surface area contributed by atoms with Gasteiger partial charge in [0, 0.05) is 33.9 Å². The minimum Gasteiger partial charge on any atom is -0.493 e. The zero-order chi connectivity index (χ0) is 15.4. The van der Waals surface area contributed by atoms with E-state index in [1.54, 1.807) is 20.3 Å². The van der Waals surface area contributed by atoms with E-state index in [1.165, 1.54) is 0 Å². The fourth-order valence-corrected chi connectivity index (χ4v) is 2.45. The predicted octanol–water partition coefficient (Wildman–Crippen LogP) is 4.93. The summed E-state index contributed by atoms with van der Waals surface area (Å²) in [4.78, 5) is 0. The van der Waals surface area contributed by atoms with Crippen LogP contribution in [0.5, 0.6) is 11.5 Å². The van der Waals surface area contributed by atoms with E-state index in [-0.39, 0.29) is 0 Å². The number of anilines is 1. The molecule has 5 heteroatoms. The summed E-state index contributed by atoms with van der Waals surface area (Å²) in [6.07, 6.45) is 0. The second-order valence-electron chi connectivity index (χ2n) is 4.62. The Kier molecular flexibility index (Phi) is 5.21. The Morgan fingerprint density at radius 2 is 1.81 bits per heavy atom. The van der Waals surface area contributed by atoms with E-state index < -0.39 is 0 Å². The molecule has 2 aromatic rings. The van der Waals surface area contributed by atoms with Gasteiger partial charge in [-0.25, -0.2) is 0 Å². The van der Waals surface area contributed by atoms with Crippen LogP contribution in [0.3, 0.4) is 0 Å². The molecule has 21 heavy (non-hydrogen) atoms. The van der Waals surface area contributed by atoms with Gasteiger partial charge in [-0.3, -0.25) is 0 Å². The molecule has 2 rings (SSSR count). The number of methoxy groups -OCH3 is 2. The maximum absolute atomic E-state index is 6.12. The molecule has 0 heterocycles. The fraction of sp³-hybridized carbons (Fsp3) is 0.250. The van der Waals surface area contributed by atoms with Crippen molar-refractivity contribution < 1.29 is 9.47 Å². The molecule has 0 fully saturated rings. The van der Waals surface area contributed by atoms with Crippen molar-refractivity contribution in [3.8, 4) is 11.5 Å². The molecule has 0 aliphatic rings. The van der Waals surface area contributed by atoms with Crippen molar-refractivity contribution in [2.24, 2.45) is 0 Å². The summed E-state index contributed by atoms with van der Waals surface area (Å²) in [5.41, 5.74) is 2.90. The van der Waals surface area contributed by atoms with Gasteiger partial charge in [0.25, 0.3) is 0 Å². The highest BCUT2D eigenvalue weighted by atomic mass is 35.5. The first-order chi connectivity index (χ1) is 10.0. The Bertz CT molecular complexity index is 644. The zero-order valence-electron chi connectivity index (χ0n) is 12.2. The lowest BCUT2D eigenvalue weighted by Crippen LogP contribution is -2.03. The summed E-state index contributed by atoms with van der Waals surface area (Å²) in [7, 11) is 3.20. The molecule has 0 aliphatic carbocycles. The quantitative estimate of drug-likeness (QED) is 0.845. The van der Waals surface area contributed by atoms with Crippen LogP contribution in [0.4, 0.5) is 5.69 Å². The Morgan fingerprint density at radius 1 is 1.05 bits per heavy atom. The van der Waals surface area contributed by atoms with Gasteiger partial charge in [-0.05, 0) is 30.7 Å². The summed E-state index contributed by atoms with van der Waals surface area (Å²) in [6, 6.07) is 9.43. The van der Waals surface area contributed by atoms with Gasteiger partial charge in [0.1, 0.15) is 0 Å². The second-order valence-corrected chi connectivity index (χ2v) is 5.46. The van der Waals surface area contributed by atoms with Crippen LogP contribution in [0.1, 0.15) is 11.1 Å². The number of nitrogens with one attached hydrogen (secondary N) is 1. The highest BCUT2D eigenvalue weighted by molar-refractivity contribution is 6.31. The topological polar surface area (TPSA) is 30.5 Å². The number of hydrogen-bond donors (Lipinski definition) is 1. The van der Waals surface area contributed by atoms with Gasteiger partial charge in [-0.15, -0.1) is 0 Å². The average Bonchev–Trinajstić information content (AvgIpc) is 2.47. The monoisotopic (exact) mass is 325 g/mol. The van der Waals surface area contributed by atoms with Crippen molar-refractivity contribution >= 4 is 28.9 Å². The second kappa shape index (κ2) is 6.92. The van der Waals surface area contributed by atoms with Crippen molar-refractivity contribution in [3.63, 3.8) is 0 Å². The van der Waals surface area contributed by atoms with E-state index in [1.807, 2.05) is 31.2 Å². The first-order valence-corrected chi connectivity index (χ1v) is 7.21. The average molecular weight is 326 g/mol. The Balaban J connectivity index is 2.22. The summed E-state index contributed by atoms with van der Waals surface area (Å²) < 4.78 is 10.7. The van der Waals surface area contributed by atoms with Crippen LogP contribution < -0.4 is 14.8 Å². The molecular formula is C16H17Cl2NO2. The third-order valence-electron chi connectivity index (χ3n) is 3.18. The Morgan fingerprint density at radius 3 is 2.43 bits per heavy atom. The highest BCUT2D eigenvalue weighted by Gasteiger charge is 2.12. The van der Waals surface area contributed by atoms with Gasteiger partial charge in [0.2, 0.25) is 0 Å². The number of halogens is 2. The summed E-state index contributed by atoms with van der Waals surface area (Å²) in [6.45, 7) is 2.52. The van der Waals surface area contributed by atoms with E-state index in [0.29, 0.717) is 23.1 Å². The fourth-order valence-electron chi connectivity index (χ4n) is 2.04. The van der Waals surface area contributed by atoms with E-state index in [0.717, 1.165) is 21.8 Å².